The second kappa shape index (κ2) is 10.2. The summed E-state index contributed by atoms with van der Waals surface area (Å²) in [5.41, 5.74) is 0.258. The first-order chi connectivity index (χ1) is 15.3. The number of benzene rings is 2. The number of hydrogen-bond donors (Lipinski definition) is 3. The van der Waals surface area contributed by atoms with E-state index < -0.39 is 23.6 Å². The fourth-order valence-corrected chi connectivity index (χ4v) is 3.87. The van der Waals surface area contributed by atoms with E-state index in [0.717, 1.165) is 23.5 Å². The maximum Gasteiger partial charge on any atom is 0.315 e. The van der Waals surface area contributed by atoms with Crippen molar-refractivity contribution in [2.45, 2.75) is 6.42 Å². The van der Waals surface area contributed by atoms with Gasteiger partial charge in [0.2, 0.25) is 0 Å². The summed E-state index contributed by atoms with van der Waals surface area (Å²) >= 11 is 4.13. The molecule has 0 fully saturated rings. The van der Waals surface area contributed by atoms with Crippen LogP contribution in [0.3, 0.4) is 0 Å². The topological polar surface area (TPSA) is 127 Å². The van der Waals surface area contributed by atoms with Crippen molar-refractivity contribution in [2.75, 3.05) is 17.7 Å². The predicted octanol–water partition coefficient (Wildman–Crippen LogP) is 4.05. The molecule has 1 aromatic heterocycles. The Bertz CT molecular complexity index is 1190. The van der Waals surface area contributed by atoms with Crippen LogP contribution in [0, 0.1) is 5.82 Å². The van der Waals surface area contributed by atoms with Gasteiger partial charge in [0.15, 0.2) is 22.4 Å². The van der Waals surface area contributed by atoms with E-state index in [1.54, 1.807) is 24.3 Å². The number of anilines is 2. The van der Waals surface area contributed by atoms with Gasteiger partial charge in [-0.05, 0) is 40.2 Å². The highest BCUT2D eigenvalue weighted by atomic mass is 79.9. The smallest absolute Gasteiger partial charge is 0.315 e. The van der Waals surface area contributed by atoms with Gasteiger partial charge >= 0.3 is 17.8 Å². The minimum absolute atomic E-state index is 0.0397. The lowest BCUT2D eigenvalue weighted by molar-refractivity contribution is -0.136. The highest BCUT2D eigenvalue weighted by molar-refractivity contribution is 9.11. The Morgan fingerprint density at radius 2 is 1.78 bits per heavy atom. The molecule has 0 spiro atoms. The molecule has 0 aliphatic rings. The van der Waals surface area contributed by atoms with Crippen molar-refractivity contribution in [3.63, 3.8) is 0 Å². The van der Waals surface area contributed by atoms with Gasteiger partial charge in [-0.25, -0.2) is 9.37 Å². The van der Waals surface area contributed by atoms with E-state index >= 15 is 0 Å². The molecule has 3 rings (SSSR count). The number of aromatic nitrogens is 1. The summed E-state index contributed by atoms with van der Waals surface area (Å²) in [6.07, 6.45) is -0.349. The third kappa shape index (κ3) is 5.80. The lowest BCUT2D eigenvalue weighted by atomic mass is 10.2. The molecule has 32 heavy (non-hydrogen) atoms. The number of nitrogens with one attached hydrogen (secondary N) is 2. The first-order valence-electron chi connectivity index (χ1n) is 8.86. The number of carboxylic acids is 1. The molecule has 1 heterocycles. The number of methoxy groups -OCH3 is 1. The van der Waals surface area contributed by atoms with E-state index in [9.17, 15) is 18.8 Å². The summed E-state index contributed by atoms with van der Waals surface area (Å²) < 4.78 is 25.1. The zero-order chi connectivity index (χ0) is 23.3. The number of carbonyl (C=O) groups excluding carboxylic acids is 2. The van der Waals surface area contributed by atoms with Crippen LogP contribution in [0.15, 0.2) is 46.3 Å². The van der Waals surface area contributed by atoms with Gasteiger partial charge in [-0.15, -0.1) is 0 Å². The average molecular weight is 524 g/mol. The summed E-state index contributed by atoms with van der Waals surface area (Å²) in [6, 6.07) is 10.0. The second-order valence-electron chi connectivity index (χ2n) is 6.11. The van der Waals surface area contributed by atoms with Crippen LogP contribution in [0.1, 0.15) is 5.69 Å². The van der Waals surface area contributed by atoms with Crippen molar-refractivity contribution >= 4 is 55.9 Å². The van der Waals surface area contributed by atoms with Crippen LogP contribution in [0.2, 0.25) is 0 Å². The number of halogens is 2. The Labute approximate surface area is 193 Å². The Morgan fingerprint density at radius 1 is 1.09 bits per heavy atom. The van der Waals surface area contributed by atoms with Crippen molar-refractivity contribution in [2.24, 2.45) is 0 Å². The van der Waals surface area contributed by atoms with E-state index in [2.05, 4.69) is 31.5 Å². The second-order valence-corrected chi connectivity index (χ2v) is 8.43. The Kier molecular flexibility index (Phi) is 7.38. The van der Waals surface area contributed by atoms with Gasteiger partial charge in [0.1, 0.15) is 5.82 Å². The molecule has 0 aliphatic heterocycles. The van der Waals surface area contributed by atoms with Crippen LogP contribution in [0.25, 0.3) is 0 Å². The fourth-order valence-electron chi connectivity index (χ4n) is 2.48. The highest BCUT2D eigenvalue weighted by Crippen LogP contribution is 2.35. The Morgan fingerprint density at radius 3 is 2.47 bits per heavy atom. The van der Waals surface area contributed by atoms with E-state index in [-0.39, 0.29) is 34.4 Å². The molecule has 3 N–H and O–H groups in total. The molecular weight excluding hydrogens is 509 g/mol. The highest BCUT2D eigenvalue weighted by Gasteiger charge is 2.20. The average Bonchev–Trinajstić information content (AvgIpc) is 3.08. The lowest BCUT2D eigenvalue weighted by Gasteiger charge is -2.14. The summed E-state index contributed by atoms with van der Waals surface area (Å²) in [7, 11) is 1.44. The summed E-state index contributed by atoms with van der Waals surface area (Å²) in [5, 5.41) is 13.6. The zero-order valence-electron chi connectivity index (χ0n) is 16.3. The molecule has 2 aromatic carbocycles. The third-order valence-corrected chi connectivity index (χ3v) is 5.62. The number of aliphatic carboxylic acids is 1. The van der Waals surface area contributed by atoms with Crippen LogP contribution >= 0.6 is 27.3 Å². The maximum atomic E-state index is 13.8. The van der Waals surface area contributed by atoms with Gasteiger partial charge in [0, 0.05) is 6.07 Å². The van der Waals surface area contributed by atoms with E-state index in [1.165, 1.54) is 13.2 Å². The normalized spacial score (nSPS) is 10.3. The number of thiazole rings is 1. The lowest BCUT2D eigenvalue weighted by Crippen LogP contribution is -2.29. The first kappa shape index (κ1) is 23.2. The van der Waals surface area contributed by atoms with Gasteiger partial charge in [-0.1, -0.05) is 23.5 Å². The minimum Gasteiger partial charge on any atom is -0.493 e. The molecule has 9 nitrogen and oxygen atoms in total. The van der Waals surface area contributed by atoms with Gasteiger partial charge in [0.25, 0.3) is 0 Å². The van der Waals surface area contributed by atoms with Crippen molar-refractivity contribution in [3.05, 3.63) is 57.8 Å². The fraction of sp³-hybridized carbons (Fsp3) is 0.100. The van der Waals surface area contributed by atoms with Gasteiger partial charge < -0.3 is 19.9 Å². The van der Waals surface area contributed by atoms with E-state index in [0.29, 0.717) is 9.54 Å². The molecule has 0 atom stereocenters. The quantitative estimate of drug-likeness (QED) is 0.398. The molecule has 12 heteroatoms. The first-order valence-corrected chi connectivity index (χ1v) is 10.5. The van der Waals surface area contributed by atoms with Crippen LogP contribution in [-0.2, 0) is 20.8 Å². The predicted molar refractivity (Wildman–Crippen MR) is 118 cm³/mol. The molecular formula is C20H15BrFN3O6S. The SMILES string of the molecule is COc1ccccc1Oc1cc(F)ccc1NC(=O)C(=O)Nc1nc(CC(=O)O)c(Br)s1. The number of carbonyl (C=O) groups is 3. The molecule has 0 saturated carbocycles. The Hall–Kier alpha value is -3.51. The maximum absolute atomic E-state index is 13.8. The zero-order valence-corrected chi connectivity index (χ0v) is 18.8. The van der Waals surface area contributed by atoms with Gasteiger partial charge in [0.05, 0.1) is 28.7 Å². The number of hydrogen-bond acceptors (Lipinski definition) is 7. The summed E-state index contributed by atoms with van der Waals surface area (Å²) in [6.45, 7) is 0. The van der Waals surface area contributed by atoms with Crippen molar-refractivity contribution in [3.8, 4) is 17.2 Å². The van der Waals surface area contributed by atoms with Crippen LogP contribution in [0.5, 0.6) is 17.2 Å². The molecule has 3 aromatic rings. The van der Waals surface area contributed by atoms with Crippen LogP contribution in [-0.4, -0.2) is 35.0 Å². The standard InChI is InChI=1S/C20H15BrFN3O6S/c1-30-13-4-2-3-5-14(13)31-15-8-10(22)6-7-11(15)23-18(28)19(29)25-20-24-12(9-16(26)27)17(21)32-20/h2-8H,9H2,1H3,(H,23,28)(H,26,27)(H,24,25,29). The van der Waals surface area contributed by atoms with Gasteiger partial charge in [-0.2, -0.15) is 0 Å². The number of nitrogens with zero attached hydrogens (tertiary/aromatic N) is 1. The summed E-state index contributed by atoms with van der Waals surface area (Å²) in [4.78, 5) is 39.5. The van der Waals surface area contributed by atoms with Crippen molar-refractivity contribution in [1.82, 2.24) is 4.98 Å². The third-order valence-electron chi connectivity index (χ3n) is 3.88. The largest absolute Gasteiger partial charge is 0.493 e. The summed E-state index contributed by atoms with van der Waals surface area (Å²) in [5.74, 6) is -3.21. The number of para-hydroxylation sites is 2. The molecule has 0 saturated heterocycles. The number of rotatable bonds is 7. The van der Waals surface area contributed by atoms with Crippen LogP contribution in [0.4, 0.5) is 15.2 Å². The molecule has 0 unspecified atom stereocenters. The molecule has 2 amide bonds. The molecule has 0 bridgehead atoms. The van der Waals surface area contributed by atoms with Crippen LogP contribution < -0.4 is 20.1 Å². The number of ether oxygens (including phenoxy) is 2. The Balaban J connectivity index is 1.75. The molecule has 166 valence electrons. The number of amides is 2. The van der Waals surface area contributed by atoms with Crippen molar-refractivity contribution in [1.29, 1.82) is 0 Å². The van der Waals surface area contributed by atoms with Gasteiger partial charge in [-0.3, -0.25) is 19.7 Å². The van der Waals surface area contributed by atoms with Crippen molar-refractivity contribution < 1.29 is 33.4 Å². The minimum atomic E-state index is -1.09. The monoisotopic (exact) mass is 523 g/mol. The molecule has 0 aliphatic carbocycles. The number of carboxylic acid groups (broad SMARTS) is 1. The van der Waals surface area contributed by atoms with E-state index in [4.69, 9.17) is 14.6 Å². The molecule has 0 radical (unpaired) electrons. The van der Waals surface area contributed by atoms with E-state index in [1.807, 2.05) is 0 Å².